The zero-order valence-corrected chi connectivity index (χ0v) is 38.7. The molecule has 1 saturated heterocycles. The SMILES string of the molecule is CCCCCC1OC1C/C=C\C/C=C\C/C=C\CCCC(=O)OC[C@H](COP(=O)(O)OC[C@@H](O)COP(=O)(O)O)OC(=O)CCCCCCCCCCCCCCC(C)C. The third-order valence-corrected chi connectivity index (χ3v) is 11.3. The molecule has 1 fully saturated rings. The van der Waals surface area contributed by atoms with Crippen LogP contribution >= 0.6 is 15.6 Å². The summed E-state index contributed by atoms with van der Waals surface area (Å²) in [4.78, 5) is 52.7. The van der Waals surface area contributed by atoms with E-state index in [1.165, 1.54) is 83.5 Å². The second-order valence-corrected chi connectivity index (χ2v) is 18.9. The van der Waals surface area contributed by atoms with Crippen molar-refractivity contribution in [3.05, 3.63) is 36.5 Å². The van der Waals surface area contributed by atoms with E-state index >= 15 is 0 Å². The number of esters is 2. The minimum Gasteiger partial charge on any atom is -0.462 e. The molecule has 0 radical (unpaired) electrons. The van der Waals surface area contributed by atoms with Crippen LogP contribution in [0, 0.1) is 5.92 Å². The van der Waals surface area contributed by atoms with E-state index in [-0.39, 0.29) is 12.8 Å². The topological polar surface area (TPSA) is 208 Å². The van der Waals surface area contributed by atoms with Gasteiger partial charge in [-0.05, 0) is 50.9 Å². The normalized spacial score (nSPS) is 17.8. The van der Waals surface area contributed by atoms with Gasteiger partial charge in [0, 0.05) is 12.8 Å². The van der Waals surface area contributed by atoms with Crippen molar-refractivity contribution in [3.8, 4) is 0 Å². The molecule has 0 aromatic heterocycles. The van der Waals surface area contributed by atoms with E-state index in [4.69, 9.17) is 28.5 Å². The molecule has 0 spiro atoms. The van der Waals surface area contributed by atoms with E-state index in [0.29, 0.717) is 31.5 Å². The standard InChI is InChI=1S/C44H80O14P2/c1-4-5-24-30-41-42(58-41)31-26-21-17-13-10-11-14-18-22-27-32-43(46)53-36-40(37-56-60(51,52)55-35-39(45)34-54-59(48,49)50)57-44(47)33-28-23-19-15-9-7-6-8-12-16-20-25-29-38(2)3/h10,13-14,18,21,26,38-42,45H,4-9,11-12,15-17,19-20,22-25,27-37H2,1-3H3,(H,51,52)(H2,48,49,50)/b13-10-,18-14-,26-21-/t39-,40+,41?,42?/m0/s1. The van der Waals surface area contributed by atoms with Gasteiger partial charge in [0.1, 0.15) is 12.7 Å². The van der Waals surface area contributed by atoms with Crippen molar-refractivity contribution >= 4 is 27.6 Å². The highest BCUT2D eigenvalue weighted by molar-refractivity contribution is 7.47. The fourth-order valence-electron chi connectivity index (χ4n) is 6.33. The van der Waals surface area contributed by atoms with Crippen LogP contribution in [-0.4, -0.2) is 82.6 Å². The maximum absolute atomic E-state index is 12.7. The van der Waals surface area contributed by atoms with Crippen LogP contribution < -0.4 is 0 Å². The lowest BCUT2D eigenvalue weighted by Gasteiger charge is -2.20. The number of aliphatic hydroxyl groups is 1. The average molecular weight is 895 g/mol. The van der Waals surface area contributed by atoms with Crippen molar-refractivity contribution in [1.29, 1.82) is 0 Å². The molecule has 14 nitrogen and oxygen atoms in total. The van der Waals surface area contributed by atoms with E-state index in [2.05, 4.69) is 54.1 Å². The fraction of sp³-hybridized carbons (Fsp3) is 0.818. The zero-order valence-electron chi connectivity index (χ0n) is 36.9. The third-order valence-electron chi connectivity index (χ3n) is 9.87. The summed E-state index contributed by atoms with van der Waals surface area (Å²) in [5, 5.41) is 9.75. The molecule has 60 heavy (non-hydrogen) atoms. The molecule has 0 amide bonds. The second-order valence-electron chi connectivity index (χ2n) is 16.2. The van der Waals surface area contributed by atoms with Crippen molar-refractivity contribution in [1.82, 2.24) is 0 Å². The first-order valence-electron chi connectivity index (χ1n) is 22.7. The van der Waals surface area contributed by atoms with Gasteiger partial charge in [0.05, 0.1) is 32.0 Å². The van der Waals surface area contributed by atoms with Gasteiger partial charge in [-0.15, -0.1) is 0 Å². The van der Waals surface area contributed by atoms with E-state index in [1.54, 1.807) is 0 Å². The predicted molar refractivity (Wildman–Crippen MR) is 234 cm³/mol. The number of aliphatic hydroxyl groups excluding tert-OH is 1. The lowest BCUT2D eigenvalue weighted by atomic mass is 10.0. The van der Waals surface area contributed by atoms with Gasteiger partial charge >= 0.3 is 27.6 Å². The lowest BCUT2D eigenvalue weighted by Crippen LogP contribution is -2.30. The van der Waals surface area contributed by atoms with Crippen molar-refractivity contribution in [2.24, 2.45) is 5.92 Å². The molecule has 1 heterocycles. The van der Waals surface area contributed by atoms with Crippen molar-refractivity contribution in [3.63, 3.8) is 0 Å². The molecule has 5 atom stereocenters. The smallest absolute Gasteiger partial charge is 0.462 e. The molecule has 0 aromatic carbocycles. The predicted octanol–water partition coefficient (Wildman–Crippen LogP) is 10.5. The Labute approximate surface area is 361 Å². The number of ether oxygens (including phenoxy) is 3. The second kappa shape index (κ2) is 35.7. The molecular weight excluding hydrogens is 814 g/mol. The summed E-state index contributed by atoms with van der Waals surface area (Å²) in [7, 11) is -9.69. The summed E-state index contributed by atoms with van der Waals surface area (Å²) < 4.78 is 53.5. The highest BCUT2D eigenvalue weighted by Crippen LogP contribution is 2.44. The molecule has 3 unspecified atom stereocenters. The summed E-state index contributed by atoms with van der Waals surface area (Å²) in [6, 6.07) is 0. The Hall–Kier alpha value is -1.70. The summed E-state index contributed by atoms with van der Waals surface area (Å²) in [5.74, 6) is -0.311. The molecule has 0 saturated carbocycles. The Balaban J connectivity index is 2.37. The van der Waals surface area contributed by atoms with Gasteiger partial charge in [-0.1, -0.05) is 154 Å². The minimum atomic E-state index is -4.87. The molecule has 1 aliphatic heterocycles. The highest BCUT2D eigenvalue weighted by Gasteiger charge is 2.36. The van der Waals surface area contributed by atoms with Crippen LogP contribution in [0.25, 0.3) is 0 Å². The summed E-state index contributed by atoms with van der Waals surface area (Å²) >= 11 is 0. The van der Waals surface area contributed by atoms with Gasteiger partial charge < -0.3 is 34.0 Å². The molecule has 4 N–H and O–H groups in total. The number of unbranched alkanes of at least 4 members (excludes halogenated alkanes) is 14. The van der Waals surface area contributed by atoms with Crippen LogP contribution in [0.1, 0.15) is 175 Å². The fourth-order valence-corrected chi connectivity index (χ4v) is 7.48. The number of carbonyl (C=O) groups is 2. The maximum atomic E-state index is 12.7. The molecule has 0 aliphatic carbocycles. The number of phosphoric ester groups is 2. The molecule has 0 aromatic rings. The van der Waals surface area contributed by atoms with Crippen molar-refractivity contribution in [2.45, 2.75) is 199 Å². The Morgan fingerprint density at radius 2 is 1.18 bits per heavy atom. The van der Waals surface area contributed by atoms with Crippen LogP contribution in [0.3, 0.4) is 0 Å². The number of hydrogen-bond donors (Lipinski definition) is 4. The van der Waals surface area contributed by atoms with Gasteiger partial charge in [-0.25, -0.2) is 9.13 Å². The Kier molecular flexibility index (Phi) is 33.5. The Morgan fingerprint density at radius 3 is 1.80 bits per heavy atom. The van der Waals surface area contributed by atoms with Crippen LogP contribution in [-0.2, 0) is 46.5 Å². The van der Waals surface area contributed by atoms with E-state index in [0.717, 1.165) is 44.4 Å². The number of epoxide rings is 1. The van der Waals surface area contributed by atoms with E-state index in [1.807, 2.05) is 12.2 Å². The highest BCUT2D eigenvalue weighted by atomic mass is 31.2. The van der Waals surface area contributed by atoms with Crippen LogP contribution in [0.15, 0.2) is 36.5 Å². The molecule has 16 heteroatoms. The van der Waals surface area contributed by atoms with Gasteiger partial charge in [-0.2, -0.15) is 0 Å². The quantitative estimate of drug-likeness (QED) is 0.0148. The molecule has 0 bridgehead atoms. The summed E-state index contributed by atoms with van der Waals surface area (Å²) in [6.07, 6.45) is 34.7. The number of rotatable bonds is 41. The maximum Gasteiger partial charge on any atom is 0.472 e. The Morgan fingerprint density at radius 1 is 0.633 bits per heavy atom. The van der Waals surface area contributed by atoms with E-state index in [9.17, 15) is 28.7 Å². The lowest BCUT2D eigenvalue weighted by molar-refractivity contribution is -0.161. The first-order chi connectivity index (χ1) is 28.7. The van der Waals surface area contributed by atoms with Crippen LogP contribution in [0.2, 0.25) is 0 Å². The zero-order chi connectivity index (χ0) is 44.3. The summed E-state index contributed by atoms with van der Waals surface area (Å²) in [6.45, 7) is 3.99. The number of hydrogen-bond acceptors (Lipinski definition) is 11. The number of allylic oxidation sites excluding steroid dienone is 5. The van der Waals surface area contributed by atoms with Gasteiger partial charge in [0.15, 0.2) is 6.10 Å². The Bertz CT molecular complexity index is 1280. The van der Waals surface area contributed by atoms with Gasteiger partial charge in [-0.3, -0.25) is 23.2 Å². The van der Waals surface area contributed by atoms with Gasteiger partial charge in [0.25, 0.3) is 0 Å². The van der Waals surface area contributed by atoms with Crippen LogP contribution in [0.4, 0.5) is 0 Å². The molecule has 1 aliphatic rings. The number of carbonyl (C=O) groups excluding carboxylic acids is 2. The molecule has 350 valence electrons. The third kappa shape index (κ3) is 36.9. The first-order valence-corrected chi connectivity index (χ1v) is 25.7. The van der Waals surface area contributed by atoms with Crippen molar-refractivity contribution in [2.75, 3.05) is 26.4 Å². The van der Waals surface area contributed by atoms with Crippen LogP contribution in [0.5, 0.6) is 0 Å². The monoisotopic (exact) mass is 895 g/mol. The summed E-state index contributed by atoms with van der Waals surface area (Å²) in [5.41, 5.74) is 0. The van der Waals surface area contributed by atoms with E-state index < -0.39 is 66.2 Å². The minimum absolute atomic E-state index is 0.116. The largest absolute Gasteiger partial charge is 0.472 e. The van der Waals surface area contributed by atoms with Gasteiger partial charge in [0.2, 0.25) is 0 Å². The van der Waals surface area contributed by atoms with Crippen molar-refractivity contribution < 1.29 is 66.3 Å². The first kappa shape index (κ1) is 56.3. The molecular formula is C44H80O14P2. The molecule has 1 rings (SSSR count). The number of phosphoric acid groups is 2. The average Bonchev–Trinajstić information content (AvgIpc) is 3.95.